The normalized spacial score (nSPS) is 13.7. The second kappa shape index (κ2) is 30.5. The van der Waals surface area contributed by atoms with Gasteiger partial charge in [-0.3, -0.25) is 0 Å². The fourth-order valence-corrected chi connectivity index (χ4v) is 19.3. The lowest BCUT2D eigenvalue weighted by atomic mass is 9.84. The number of aryl methyl sites for hydroxylation is 8. The fourth-order valence-electron chi connectivity index (χ4n) is 19.3. The average Bonchev–Trinajstić information content (AvgIpc) is 1.61. The Labute approximate surface area is 690 Å². The zero-order chi connectivity index (χ0) is 80.9. The van der Waals surface area contributed by atoms with Gasteiger partial charge in [-0.15, -0.1) is 0 Å². The molecule has 12 aromatic carbocycles. The lowest BCUT2D eigenvalue weighted by Gasteiger charge is -2.21. The minimum Gasteiger partial charge on any atom is -0.455 e. The van der Waals surface area contributed by atoms with E-state index in [0.717, 1.165) is 50.6 Å². The predicted octanol–water partition coefficient (Wildman–Crippen LogP) is 28.3. The average molecular weight is 1550 g/mol. The Kier molecular flexibility index (Phi) is 19.5. The number of rotatable bonds is 7. The topological polar surface area (TPSA) is 68.1 Å². The number of hydrogen-bond donors (Lipinski definition) is 0. The molecule has 0 aliphatic heterocycles. The standard InChI is InChI=1S/C29H28NO.C28H26NO.C27H26NO.C26H24NO/c1-19-12-14-24-25-16-21-10-6-7-11-22(21)17-27(25)31-29(24)28(19)26-15-13-23(18-30(26)2)20-8-4-3-5-9-20;1-18-11-13-23-24-15-20-9-5-6-10-21(20)16-26(24)30-28(23)27(18)25-14-12-22(17-29(25)2)19-7-3-4-8-19;1-17-10-12-21-22-14-18-8-6-7-9-19(18)15-24(22)29-26(21)25(17)23-13-11-20(16-28(23)5)27(2,3)4;1-16(2)20-10-12-23(27(4)15-20)25-17(3)9-11-21-22-13-18-7-5-6-8-19(18)14-24(22)28-26(21)25/h6-7,10-18,20H,3-5,8-9H2,1-2H3;5-6,9-17,19H,3-4,7-8H2,1-2H3;6-16H,1-5H3;5-16H,1-4H3/q4*+1. The van der Waals surface area contributed by atoms with Crippen LogP contribution in [0.5, 0.6) is 0 Å². The highest BCUT2D eigenvalue weighted by Crippen LogP contribution is 2.45. The van der Waals surface area contributed by atoms with Crippen LogP contribution in [0.4, 0.5) is 0 Å². The first-order chi connectivity index (χ1) is 57.2. The maximum absolute atomic E-state index is 6.52. The molecule has 0 saturated heterocycles. The molecule has 2 aliphatic carbocycles. The van der Waals surface area contributed by atoms with Crippen molar-refractivity contribution >= 4 is 131 Å². The van der Waals surface area contributed by atoms with Gasteiger partial charge in [-0.1, -0.05) is 212 Å². The number of aromatic nitrogens is 4. The zero-order valence-electron chi connectivity index (χ0n) is 70.4. The van der Waals surface area contributed by atoms with Crippen LogP contribution < -0.4 is 18.3 Å². The van der Waals surface area contributed by atoms with Crippen molar-refractivity contribution in [1.82, 2.24) is 0 Å². The second-order valence-corrected chi connectivity index (χ2v) is 35.2. The molecular weight excluding hydrogens is 1440 g/mol. The summed E-state index contributed by atoms with van der Waals surface area (Å²) < 4.78 is 35.0. The number of furan rings is 4. The molecule has 0 N–H and O–H groups in total. The highest BCUT2D eigenvalue weighted by Gasteiger charge is 2.30. The molecular formula is C110H104N4O4+4. The molecule has 2 aliphatic rings. The van der Waals surface area contributed by atoms with Crippen LogP contribution in [0.1, 0.15) is 155 Å². The summed E-state index contributed by atoms with van der Waals surface area (Å²) >= 11 is 0. The van der Waals surface area contributed by atoms with Gasteiger partial charge in [0.25, 0.3) is 0 Å². The van der Waals surface area contributed by atoms with Crippen molar-refractivity contribution in [2.24, 2.45) is 28.2 Å². The smallest absolute Gasteiger partial charge is 0.216 e. The minimum absolute atomic E-state index is 0.122. The molecule has 8 nitrogen and oxygen atoms in total. The van der Waals surface area contributed by atoms with Crippen LogP contribution in [-0.2, 0) is 33.6 Å². The van der Waals surface area contributed by atoms with Gasteiger partial charge < -0.3 is 17.7 Å². The maximum atomic E-state index is 6.52. The third-order valence-corrected chi connectivity index (χ3v) is 25.9. The van der Waals surface area contributed by atoms with Crippen molar-refractivity contribution < 1.29 is 35.9 Å². The zero-order valence-corrected chi connectivity index (χ0v) is 70.4. The molecule has 0 spiro atoms. The quantitative estimate of drug-likeness (QED) is 0.149. The Balaban J connectivity index is 0.000000105. The Morgan fingerprint density at radius 1 is 0.288 bits per heavy atom. The lowest BCUT2D eigenvalue weighted by Crippen LogP contribution is -2.33. The largest absolute Gasteiger partial charge is 0.455 e. The van der Waals surface area contributed by atoms with Gasteiger partial charge in [0.15, 0.2) is 24.8 Å². The van der Waals surface area contributed by atoms with Crippen LogP contribution in [0, 0.1) is 27.7 Å². The summed E-state index contributed by atoms with van der Waals surface area (Å²) in [7, 11) is 8.59. The van der Waals surface area contributed by atoms with E-state index < -0.39 is 0 Å². The van der Waals surface area contributed by atoms with Crippen molar-refractivity contribution in [3.63, 3.8) is 0 Å². The lowest BCUT2D eigenvalue weighted by molar-refractivity contribution is -0.661. The molecule has 0 unspecified atom stereocenters. The molecule has 0 atom stereocenters. The van der Waals surface area contributed by atoms with Crippen molar-refractivity contribution in [1.29, 1.82) is 0 Å². The van der Waals surface area contributed by atoms with Crippen molar-refractivity contribution in [3.05, 3.63) is 312 Å². The van der Waals surface area contributed by atoms with Crippen LogP contribution in [0.2, 0.25) is 0 Å². The predicted molar refractivity (Wildman–Crippen MR) is 490 cm³/mol. The van der Waals surface area contributed by atoms with Gasteiger partial charge >= 0.3 is 0 Å². The van der Waals surface area contributed by atoms with Crippen molar-refractivity contribution in [3.8, 4) is 45.0 Å². The third kappa shape index (κ3) is 13.8. The Morgan fingerprint density at radius 3 is 0.839 bits per heavy atom. The molecule has 118 heavy (non-hydrogen) atoms. The monoisotopic (exact) mass is 1540 g/mol. The minimum atomic E-state index is 0.122. The fraction of sp³-hybridized carbons (Fsp3) is 0.236. The summed E-state index contributed by atoms with van der Waals surface area (Å²) in [5.41, 5.74) is 27.9. The summed E-state index contributed by atoms with van der Waals surface area (Å²) in [6.07, 6.45) is 21.3. The van der Waals surface area contributed by atoms with Crippen LogP contribution in [0.3, 0.4) is 0 Å². The summed E-state index contributed by atoms with van der Waals surface area (Å²) in [6.45, 7) is 19.9. The van der Waals surface area contributed by atoms with Crippen LogP contribution in [0.15, 0.2) is 285 Å². The van der Waals surface area contributed by atoms with Gasteiger partial charge in [-0.25, -0.2) is 18.3 Å². The van der Waals surface area contributed by atoms with E-state index in [1.165, 1.54) is 234 Å². The van der Waals surface area contributed by atoms with Crippen molar-refractivity contribution in [2.45, 2.75) is 143 Å². The van der Waals surface area contributed by atoms with Gasteiger partial charge in [-0.2, -0.15) is 0 Å². The number of fused-ring (bicyclic) bond motifs is 16. The third-order valence-electron chi connectivity index (χ3n) is 25.9. The van der Waals surface area contributed by atoms with Crippen molar-refractivity contribution in [2.75, 3.05) is 0 Å². The molecule has 8 heterocycles. The molecule has 8 heteroatoms. The first kappa shape index (κ1) is 75.5. The van der Waals surface area contributed by atoms with Gasteiger partial charge in [0.05, 0.1) is 22.3 Å². The number of pyridine rings is 4. The van der Waals surface area contributed by atoms with Crippen LogP contribution in [-0.4, -0.2) is 0 Å². The maximum Gasteiger partial charge on any atom is 0.216 e. The Morgan fingerprint density at radius 2 is 0.559 bits per heavy atom. The molecule has 2 fully saturated rings. The molecule has 0 radical (unpaired) electrons. The molecule has 584 valence electrons. The SMILES string of the molecule is Cc1ccc2c(oc3cc4ccccc4cc32)c1-c1ccc(C(C)(C)C)c[n+]1C.Cc1ccc2c(oc3cc4ccccc4cc32)c1-c1ccc(C(C)C)c[n+]1C.Cc1ccc2c(oc3cc4ccccc4cc32)c1-c1ccc(C2CCCC2)c[n+]1C.Cc1ccc2c(oc3cc4ccccc4cc32)c1-c1ccc(C2CCCCC2)c[n+]1C. The van der Waals surface area contributed by atoms with E-state index in [1.54, 1.807) is 0 Å². The highest BCUT2D eigenvalue weighted by molar-refractivity contribution is 6.17. The highest BCUT2D eigenvalue weighted by atomic mass is 16.3. The van der Waals surface area contributed by atoms with E-state index in [4.69, 9.17) is 17.7 Å². The molecule has 2 saturated carbocycles. The van der Waals surface area contributed by atoms with Gasteiger partial charge in [0.1, 0.15) is 72.9 Å². The number of nitrogens with zero attached hydrogens (tertiary/aromatic N) is 4. The summed E-state index contributed by atoms with van der Waals surface area (Å²) in [5, 5.41) is 19.3. The summed E-state index contributed by atoms with van der Waals surface area (Å²) in [5.74, 6) is 1.95. The Bertz CT molecular complexity index is 7360. The molecule has 0 amide bonds. The first-order valence-corrected chi connectivity index (χ1v) is 42.6. The van der Waals surface area contributed by atoms with Crippen LogP contribution in [0.25, 0.3) is 176 Å². The van der Waals surface area contributed by atoms with E-state index in [2.05, 4.69) is 376 Å². The molecule has 20 aromatic rings. The molecule has 8 aromatic heterocycles. The summed E-state index contributed by atoms with van der Waals surface area (Å²) in [6, 6.07) is 87.5. The van der Waals surface area contributed by atoms with Gasteiger partial charge in [-0.05, 0) is 215 Å². The number of benzene rings is 12. The van der Waals surface area contributed by atoms with Crippen LogP contribution >= 0.6 is 0 Å². The van der Waals surface area contributed by atoms with E-state index in [1.807, 2.05) is 0 Å². The Hall–Kier alpha value is -12.5. The van der Waals surface area contributed by atoms with E-state index in [0.29, 0.717) is 11.8 Å². The molecule has 22 rings (SSSR count). The van der Waals surface area contributed by atoms with E-state index >= 15 is 0 Å². The molecule has 0 bridgehead atoms. The summed E-state index contributed by atoms with van der Waals surface area (Å²) in [4.78, 5) is 0. The second-order valence-electron chi connectivity index (χ2n) is 35.2. The van der Waals surface area contributed by atoms with Gasteiger partial charge in [0, 0.05) is 89.6 Å². The van der Waals surface area contributed by atoms with E-state index in [9.17, 15) is 0 Å². The van der Waals surface area contributed by atoms with E-state index in [-0.39, 0.29) is 5.41 Å². The number of hydrogen-bond acceptors (Lipinski definition) is 4. The van der Waals surface area contributed by atoms with Gasteiger partial charge in [0.2, 0.25) is 22.8 Å². The first-order valence-electron chi connectivity index (χ1n) is 42.6.